The van der Waals surface area contributed by atoms with E-state index in [1.54, 1.807) is 21.8 Å². The lowest BCUT2D eigenvalue weighted by atomic mass is 10.0. The second-order valence-electron chi connectivity index (χ2n) is 4.86. The van der Waals surface area contributed by atoms with E-state index in [4.69, 9.17) is 0 Å². The molecule has 7 nitrogen and oxygen atoms in total. The molecule has 0 bridgehead atoms. The third-order valence-corrected chi connectivity index (χ3v) is 2.92. The van der Waals surface area contributed by atoms with Crippen LogP contribution in [0.5, 0.6) is 0 Å². The molecule has 1 atom stereocenters. The van der Waals surface area contributed by atoms with Crippen LogP contribution < -0.4 is 5.32 Å². The maximum Gasteiger partial charge on any atom is 0.272 e. The summed E-state index contributed by atoms with van der Waals surface area (Å²) in [5, 5.41) is 6.99. The molecule has 0 aromatic carbocycles. The van der Waals surface area contributed by atoms with Crippen molar-refractivity contribution >= 4 is 5.91 Å². The third-order valence-electron chi connectivity index (χ3n) is 2.92. The standard InChI is InChI=1S/C12H18N6O/c1-8(2)10(11-13-6-15-18(11)4)16-12(19)9-5-17(3)7-14-9/h5-8,10H,1-4H3,(H,16,19). The molecule has 1 unspecified atom stereocenters. The Morgan fingerprint density at radius 3 is 2.53 bits per heavy atom. The van der Waals surface area contributed by atoms with Gasteiger partial charge >= 0.3 is 0 Å². The first kappa shape index (κ1) is 13.3. The number of aryl methyl sites for hydroxylation is 2. The van der Waals surface area contributed by atoms with E-state index in [-0.39, 0.29) is 17.9 Å². The van der Waals surface area contributed by atoms with Crippen LogP contribution in [0, 0.1) is 5.92 Å². The summed E-state index contributed by atoms with van der Waals surface area (Å²) in [7, 11) is 3.64. The van der Waals surface area contributed by atoms with Gasteiger partial charge in [-0.25, -0.2) is 9.97 Å². The lowest BCUT2D eigenvalue weighted by molar-refractivity contribution is 0.0917. The zero-order valence-electron chi connectivity index (χ0n) is 11.5. The Morgan fingerprint density at radius 1 is 1.32 bits per heavy atom. The van der Waals surface area contributed by atoms with Crippen molar-refractivity contribution in [1.29, 1.82) is 0 Å². The fourth-order valence-corrected chi connectivity index (χ4v) is 1.86. The van der Waals surface area contributed by atoms with Gasteiger partial charge in [0.1, 0.15) is 17.8 Å². The molecule has 7 heteroatoms. The number of nitrogens with zero attached hydrogens (tertiary/aromatic N) is 5. The van der Waals surface area contributed by atoms with E-state index >= 15 is 0 Å². The molecule has 2 heterocycles. The van der Waals surface area contributed by atoms with Crippen molar-refractivity contribution in [3.05, 3.63) is 30.4 Å². The monoisotopic (exact) mass is 262 g/mol. The number of hydrogen-bond donors (Lipinski definition) is 1. The number of imidazole rings is 1. The summed E-state index contributed by atoms with van der Waals surface area (Å²) in [4.78, 5) is 20.4. The van der Waals surface area contributed by atoms with E-state index in [0.29, 0.717) is 5.69 Å². The first-order valence-electron chi connectivity index (χ1n) is 6.11. The van der Waals surface area contributed by atoms with Gasteiger partial charge in [-0.3, -0.25) is 9.48 Å². The highest BCUT2D eigenvalue weighted by Gasteiger charge is 2.23. The molecule has 0 aliphatic heterocycles. The van der Waals surface area contributed by atoms with Crippen LogP contribution in [-0.2, 0) is 14.1 Å². The zero-order valence-corrected chi connectivity index (χ0v) is 11.5. The SMILES string of the molecule is CC(C)C(NC(=O)c1cn(C)cn1)c1ncnn1C. The van der Waals surface area contributed by atoms with E-state index in [2.05, 4.69) is 20.4 Å². The van der Waals surface area contributed by atoms with Gasteiger partial charge in [0, 0.05) is 20.3 Å². The van der Waals surface area contributed by atoms with Gasteiger partial charge in [0.2, 0.25) is 0 Å². The summed E-state index contributed by atoms with van der Waals surface area (Å²) in [5.41, 5.74) is 0.398. The molecule has 0 aliphatic carbocycles. The molecule has 19 heavy (non-hydrogen) atoms. The lowest BCUT2D eigenvalue weighted by Crippen LogP contribution is -2.33. The Kier molecular flexibility index (Phi) is 3.64. The van der Waals surface area contributed by atoms with Crippen molar-refractivity contribution in [2.24, 2.45) is 20.0 Å². The van der Waals surface area contributed by atoms with Crippen molar-refractivity contribution in [2.75, 3.05) is 0 Å². The van der Waals surface area contributed by atoms with Gasteiger partial charge in [-0.1, -0.05) is 13.8 Å². The minimum atomic E-state index is -0.206. The van der Waals surface area contributed by atoms with E-state index in [0.717, 1.165) is 5.82 Å². The molecule has 0 saturated heterocycles. The number of carbonyl (C=O) groups excluding carboxylic acids is 1. The van der Waals surface area contributed by atoms with E-state index in [9.17, 15) is 4.79 Å². The van der Waals surface area contributed by atoms with Crippen LogP contribution in [0.3, 0.4) is 0 Å². The number of amides is 1. The van der Waals surface area contributed by atoms with Crippen LogP contribution >= 0.6 is 0 Å². The highest BCUT2D eigenvalue weighted by molar-refractivity contribution is 5.92. The molecule has 1 N–H and O–H groups in total. The molecule has 0 fully saturated rings. The first-order chi connectivity index (χ1) is 8.99. The maximum atomic E-state index is 12.1. The maximum absolute atomic E-state index is 12.1. The summed E-state index contributed by atoms with van der Waals surface area (Å²) >= 11 is 0. The Balaban J connectivity index is 2.18. The fraction of sp³-hybridized carbons (Fsp3) is 0.500. The minimum Gasteiger partial charge on any atom is -0.340 e. The summed E-state index contributed by atoms with van der Waals surface area (Å²) in [6, 6.07) is -0.193. The smallest absolute Gasteiger partial charge is 0.272 e. The van der Waals surface area contributed by atoms with Crippen LogP contribution in [0.2, 0.25) is 0 Å². The van der Waals surface area contributed by atoms with Gasteiger partial charge in [-0.2, -0.15) is 5.10 Å². The molecule has 1 amide bonds. The van der Waals surface area contributed by atoms with Crippen LogP contribution in [-0.4, -0.2) is 30.2 Å². The zero-order chi connectivity index (χ0) is 14.0. The highest BCUT2D eigenvalue weighted by atomic mass is 16.2. The summed E-state index contributed by atoms with van der Waals surface area (Å²) in [6.45, 7) is 4.05. The normalized spacial score (nSPS) is 12.7. The second kappa shape index (κ2) is 5.21. The van der Waals surface area contributed by atoms with Crippen molar-refractivity contribution in [2.45, 2.75) is 19.9 Å². The van der Waals surface area contributed by atoms with Gasteiger partial charge in [-0.15, -0.1) is 0 Å². The third kappa shape index (κ3) is 2.81. The highest BCUT2D eigenvalue weighted by Crippen LogP contribution is 2.19. The molecule has 2 aromatic rings. The summed E-state index contributed by atoms with van der Waals surface area (Å²) < 4.78 is 3.41. The van der Waals surface area contributed by atoms with E-state index in [1.807, 2.05) is 27.9 Å². The summed E-state index contributed by atoms with van der Waals surface area (Å²) in [5.74, 6) is 0.733. The average Bonchev–Trinajstić information content (AvgIpc) is 2.94. The van der Waals surface area contributed by atoms with E-state index in [1.165, 1.54) is 6.33 Å². The predicted molar refractivity (Wildman–Crippen MR) is 69.3 cm³/mol. The van der Waals surface area contributed by atoms with Crippen LogP contribution in [0.25, 0.3) is 0 Å². The average molecular weight is 262 g/mol. The molecular weight excluding hydrogens is 244 g/mol. The minimum absolute atomic E-state index is 0.193. The molecule has 2 rings (SSSR count). The van der Waals surface area contributed by atoms with Crippen LogP contribution in [0.1, 0.15) is 36.2 Å². The van der Waals surface area contributed by atoms with Crippen molar-refractivity contribution < 1.29 is 4.79 Å². The van der Waals surface area contributed by atoms with Gasteiger partial charge in [-0.05, 0) is 5.92 Å². The number of rotatable bonds is 4. The van der Waals surface area contributed by atoms with E-state index < -0.39 is 0 Å². The Hall–Kier alpha value is -2.18. The predicted octanol–water partition coefficient (Wildman–Crippen LogP) is 0.676. The molecule has 0 saturated carbocycles. The largest absolute Gasteiger partial charge is 0.340 e. The van der Waals surface area contributed by atoms with Crippen LogP contribution in [0.15, 0.2) is 18.9 Å². The molecule has 102 valence electrons. The number of hydrogen-bond acceptors (Lipinski definition) is 4. The Morgan fingerprint density at radius 2 is 2.05 bits per heavy atom. The van der Waals surface area contributed by atoms with Crippen molar-refractivity contribution in [1.82, 2.24) is 29.6 Å². The van der Waals surface area contributed by atoms with Gasteiger partial charge in [0.05, 0.1) is 12.4 Å². The lowest BCUT2D eigenvalue weighted by Gasteiger charge is -2.20. The van der Waals surface area contributed by atoms with Crippen LogP contribution in [0.4, 0.5) is 0 Å². The molecule has 0 radical (unpaired) electrons. The van der Waals surface area contributed by atoms with Crippen molar-refractivity contribution in [3.8, 4) is 0 Å². The second-order valence-corrected chi connectivity index (χ2v) is 4.86. The Bertz CT molecular complexity index is 570. The fourth-order valence-electron chi connectivity index (χ4n) is 1.86. The van der Waals surface area contributed by atoms with Gasteiger partial charge in [0.25, 0.3) is 5.91 Å². The number of aromatic nitrogens is 5. The number of nitrogens with one attached hydrogen (secondary N) is 1. The van der Waals surface area contributed by atoms with Gasteiger partial charge in [0.15, 0.2) is 0 Å². The topological polar surface area (TPSA) is 77.6 Å². The molecule has 0 aliphatic rings. The molecular formula is C12H18N6O. The Labute approximate surface area is 111 Å². The number of carbonyl (C=O) groups is 1. The molecule has 0 spiro atoms. The molecule has 2 aromatic heterocycles. The van der Waals surface area contributed by atoms with Gasteiger partial charge < -0.3 is 9.88 Å². The first-order valence-corrected chi connectivity index (χ1v) is 6.11. The quantitative estimate of drug-likeness (QED) is 0.878. The van der Waals surface area contributed by atoms with Crippen molar-refractivity contribution in [3.63, 3.8) is 0 Å². The summed E-state index contributed by atoms with van der Waals surface area (Å²) in [6.07, 6.45) is 4.77.